The number of aromatic nitrogens is 2. The van der Waals surface area contributed by atoms with Crippen LogP contribution in [0.5, 0.6) is 0 Å². The van der Waals surface area contributed by atoms with Gasteiger partial charge in [0.05, 0.1) is 17.8 Å². The third kappa shape index (κ3) is 2.63. The third-order valence-electron chi connectivity index (χ3n) is 3.19. The second-order valence-corrected chi connectivity index (χ2v) is 5.23. The number of hydrogen-bond donors (Lipinski definition) is 1. The Morgan fingerprint density at radius 1 is 1.37 bits per heavy atom. The van der Waals surface area contributed by atoms with E-state index in [0.29, 0.717) is 16.6 Å². The molecule has 4 nitrogen and oxygen atoms in total. The monoisotopic (exact) mass is 276 g/mol. The molecule has 1 fully saturated rings. The Balaban J connectivity index is 2.00. The van der Waals surface area contributed by atoms with E-state index in [9.17, 15) is 4.79 Å². The number of halogens is 1. The number of hydrogen-bond acceptors (Lipinski definition) is 2. The quantitative estimate of drug-likeness (QED) is 0.934. The van der Waals surface area contributed by atoms with Crippen LogP contribution in [-0.4, -0.2) is 20.9 Å². The fourth-order valence-electron chi connectivity index (χ4n) is 2.15. The van der Waals surface area contributed by atoms with Crippen LogP contribution in [0.3, 0.4) is 0 Å². The highest BCUT2D eigenvalue weighted by Gasteiger charge is 2.28. The maximum atomic E-state index is 10.8. The van der Waals surface area contributed by atoms with Crippen molar-refractivity contribution in [3.8, 4) is 5.69 Å². The molecule has 0 amide bonds. The molecule has 0 spiro atoms. The first-order valence-corrected chi connectivity index (χ1v) is 6.58. The predicted octanol–water partition coefficient (Wildman–Crippen LogP) is 3.03. The molecule has 1 N–H and O–H groups in total. The van der Waals surface area contributed by atoms with E-state index in [1.807, 2.05) is 35.0 Å². The number of carboxylic acids is 1. The highest BCUT2D eigenvalue weighted by Crippen LogP contribution is 2.41. The van der Waals surface area contributed by atoms with E-state index < -0.39 is 5.97 Å². The minimum atomic E-state index is -0.858. The summed E-state index contributed by atoms with van der Waals surface area (Å²) in [5.41, 5.74) is 2.62. The Kier molecular flexibility index (Phi) is 3.03. The zero-order valence-corrected chi connectivity index (χ0v) is 11.0. The summed E-state index contributed by atoms with van der Waals surface area (Å²) in [5.74, 6) is -0.353. The molecule has 1 heterocycles. The van der Waals surface area contributed by atoms with Crippen molar-refractivity contribution in [2.45, 2.75) is 25.2 Å². The largest absolute Gasteiger partial charge is 0.481 e. The number of carboxylic acid groups (broad SMARTS) is 1. The second-order valence-electron chi connectivity index (χ2n) is 4.79. The molecule has 0 unspecified atom stereocenters. The minimum Gasteiger partial charge on any atom is -0.481 e. The molecule has 1 aliphatic carbocycles. The smallest absolute Gasteiger partial charge is 0.309 e. The SMILES string of the molecule is O=C(O)Cc1cc(C2CC2)n(-c2ccc(Cl)cc2)n1. The molecule has 1 saturated carbocycles. The van der Waals surface area contributed by atoms with Gasteiger partial charge < -0.3 is 5.11 Å². The van der Waals surface area contributed by atoms with Gasteiger partial charge in [-0.3, -0.25) is 4.79 Å². The van der Waals surface area contributed by atoms with E-state index in [2.05, 4.69) is 5.10 Å². The summed E-state index contributed by atoms with van der Waals surface area (Å²) in [5, 5.41) is 13.9. The summed E-state index contributed by atoms with van der Waals surface area (Å²) in [4.78, 5) is 10.8. The Hall–Kier alpha value is -1.81. The highest BCUT2D eigenvalue weighted by molar-refractivity contribution is 6.30. The Morgan fingerprint density at radius 3 is 2.63 bits per heavy atom. The number of nitrogens with zero attached hydrogens (tertiary/aromatic N) is 2. The van der Waals surface area contributed by atoms with Crippen molar-refractivity contribution in [3.63, 3.8) is 0 Å². The van der Waals surface area contributed by atoms with Gasteiger partial charge in [-0.15, -0.1) is 0 Å². The first kappa shape index (κ1) is 12.2. The van der Waals surface area contributed by atoms with Gasteiger partial charge in [0.25, 0.3) is 0 Å². The molecule has 3 rings (SSSR count). The van der Waals surface area contributed by atoms with Crippen LogP contribution in [0.1, 0.15) is 30.1 Å². The molecular formula is C14H13ClN2O2. The van der Waals surface area contributed by atoms with Crippen molar-refractivity contribution < 1.29 is 9.90 Å². The highest BCUT2D eigenvalue weighted by atomic mass is 35.5. The molecule has 0 radical (unpaired) electrons. The van der Waals surface area contributed by atoms with Crippen molar-refractivity contribution in [2.24, 2.45) is 0 Å². The topological polar surface area (TPSA) is 55.1 Å². The normalized spacial score (nSPS) is 14.6. The van der Waals surface area contributed by atoms with Gasteiger partial charge in [0.2, 0.25) is 0 Å². The van der Waals surface area contributed by atoms with Crippen LogP contribution in [0.4, 0.5) is 0 Å². The van der Waals surface area contributed by atoms with Gasteiger partial charge in [-0.25, -0.2) is 4.68 Å². The lowest BCUT2D eigenvalue weighted by atomic mass is 10.2. The number of carbonyl (C=O) groups is 1. The molecule has 1 aromatic carbocycles. The Labute approximate surface area is 115 Å². The summed E-state index contributed by atoms with van der Waals surface area (Å²) in [7, 11) is 0. The summed E-state index contributed by atoms with van der Waals surface area (Å²) in [6.07, 6.45) is 2.25. The lowest BCUT2D eigenvalue weighted by Crippen LogP contribution is -2.03. The van der Waals surface area contributed by atoms with E-state index >= 15 is 0 Å². The molecular weight excluding hydrogens is 264 g/mol. The van der Waals surface area contributed by atoms with Crippen LogP contribution in [0.2, 0.25) is 5.02 Å². The first-order valence-electron chi connectivity index (χ1n) is 6.20. The fraction of sp³-hybridized carbons (Fsp3) is 0.286. The van der Waals surface area contributed by atoms with Crippen molar-refractivity contribution in [1.82, 2.24) is 9.78 Å². The van der Waals surface area contributed by atoms with Gasteiger partial charge in [-0.1, -0.05) is 11.6 Å². The Morgan fingerprint density at radius 2 is 2.05 bits per heavy atom. The molecule has 0 aliphatic heterocycles. The van der Waals surface area contributed by atoms with Crippen molar-refractivity contribution in [3.05, 3.63) is 46.7 Å². The molecule has 19 heavy (non-hydrogen) atoms. The van der Waals surface area contributed by atoms with E-state index in [1.54, 1.807) is 0 Å². The zero-order valence-electron chi connectivity index (χ0n) is 10.2. The molecule has 1 aromatic heterocycles. The van der Waals surface area contributed by atoms with Crippen LogP contribution < -0.4 is 0 Å². The lowest BCUT2D eigenvalue weighted by Gasteiger charge is -2.06. The van der Waals surface area contributed by atoms with Gasteiger partial charge in [-0.2, -0.15) is 5.10 Å². The summed E-state index contributed by atoms with van der Waals surface area (Å²) >= 11 is 5.88. The molecule has 0 saturated heterocycles. The van der Waals surface area contributed by atoms with Crippen LogP contribution >= 0.6 is 11.6 Å². The molecule has 5 heteroatoms. The van der Waals surface area contributed by atoms with Gasteiger partial charge in [0.15, 0.2) is 0 Å². The van der Waals surface area contributed by atoms with Crippen molar-refractivity contribution >= 4 is 17.6 Å². The van der Waals surface area contributed by atoms with Gasteiger partial charge in [0, 0.05) is 16.6 Å². The van der Waals surface area contributed by atoms with Gasteiger partial charge in [0.1, 0.15) is 0 Å². The third-order valence-corrected chi connectivity index (χ3v) is 3.44. The maximum Gasteiger partial charge on any atom is 0.309 e. The zero-order chi connectivity index (χ0) is 13.4. The molecule has 1 aliphatic rings. The van der Waals surface area contributed by atoms with Crippen molar-refractivity contribution in [1.29, 1.82) is 0 Å². The average Bonchev–Trinajstić information content (AvgIpc) is 3.12. The molecule has 0 atom stereocenters. The van der Waals surface area contributed by atoms with Crippen LogP contribution in [-0.2, 0) is 11.2 Å². The van der Waals surface area contributed by atoms with E-state index in [4.69, 9.17) is 16.7 Å². The lowest BCUT2D eigenvalue weighted by molar-refractivity contribution is -0.136. The number of aliphatic carboxylic acids is 1. The first-order chi connectivity index (χ1) is 9.13. The second kappa shape index (κ2) is 4.70. The Bertz CT molecular complexity index is 615. The van der Waals surface area contributed by atoms with Crippen molar-refractivity contribution in [2.75, 3.05) is 0 Å². The predicted molar refractivity (Wildman–Crippen MR) is 71.9 cm³/mol. The molecule has 98 valence electrons. The summed E-state index contributed by atoms with van der Waals surface area (Å²) in [6.45, 7) is 0. The minimum absolute atomic E-state index is 0.0414. The standard InChI is InChI=1S/C14H13ClN2O2/c15-10-3-5-12(6-4-10)17-13(9-1-2-9)7-11(16-17)8-14(18)19/h3-7,9H,1-2,8H2,(H,18,19). The van der Waals surface area contributed by atoms with Crippen LogP contribution in [0.15, 0.2) is 30.3 Å². The van der Waals surface area contributed by atoms with Gasteiger partial charge >= 0.3 is 5.97 Å². The maximum absolute atomic E-state index is 10.8. The van der Waals surface area contributed by atoms with E-state index in [-0.39, 0.29) is 6.42 Å². The molecule has 2 aromatic rings. The summed E-state index contributed by atoms with van der Waals surface area (Å²) in [6, 6.07) is 9.32. The van der Waals surface area contributed by atoms with E-state index in [0.717, 1.165) is 24.2 Å². The number of rotatable bonds is 4. The molecule has 0 bridgehead atoms. The van der Waals surface area contributed by atoms with Gasteiger partial charge in [-0.05, 0) is 43.2 Å². The van der Waals surface area contributed by atoms with E-state index in [1.165, 1.54) is 0 Å². The number of benzene rings is 1. The fourth-order valence-corrected chi connectivity index (χ4v) is 2.27. The summed E-state index contributed by atoms with van der Waals surface area (Å²) < 4.78 is 1.84. The van der Waals surface area contributed by atoms with Crippen LogP contribution in [0, 0.1) is 0 Å². The van der Waals surface area contributed by atoms with Crippen LogP contribution in [0.25, 0.3) is 5.69 Å². The average molecular weight is 277 g/mol.